The van der Waals surface area contributed by atoms with Crippen LogP contribution in [0.5, 0.6) is 0 Å². The number of piperidine rings is 1. The van der Waals surface area contributed by atoms with Crippen LogP contribution in [0.15, 0.2) is 67.3 Å². The van der Waals surface area contributed by atoms with Gasteiger partial charge < -0.3 is 15.0 Å². The largest absolute Gasteiger partial charge is 0.444 e. The molecule has 1 saturated heterocycles. The van der Waals surface area contributed by atoms with Crippen molar-refractivity contribution in [2.75, 3.05) is 18.4 Å². The summed E-state index contributed by atoms with van der Waals surface area (Å²) in [6.45, 7) is 9.91. The van der Waals surface area contributed by atoms with Gasteiger partial charge in [0, 0.05) is 67.2 Å². The Kier molecular flexibility index (Phi) is 7.58. The summed E-state index contributed by atoms with van der Waals surface area (Å²) in [4.78, 5) is 27.9. The maximum absolute atomic E-state index is 12.6. The molecule has 1 amide bonds. The van der Waals surface area contributed by atoms with Gasteiger partial charge in [0.15, 0.2) is 0 Å². The van der Waals surface area contributed by atoms with E-state index in [-0.39, 0.29) is 12.0 Å². The number of nitrogens with one attached hydrogen (secondary N) is 1. The van der Waals surface area contributed by atoms with E-state index in [1.54, 1.807) is 12.4 Å². The van der Waals surface area contributed by atoms with Crippen molar-refractivity contribution in [1.29, 1.82) is 0 Å². The van der Waals surface area contributed by atoms with Crippen molar-refractivity contribution in [3.8, 4) is 22.5 Å². The second-order valence-electron chi connectivity index (χ2n) is 10.8. The molecule has 4 heterocycles. The molecule has 1 aromatic carbocycles. The first-order chi connectivity index (χ1) is 18.8. The third-order valence-corrected chi connectivity index (χ3v) is 6.66. The molecule has 0 aliphatic carbocycles. The minimum absolute atomic E-state index is 0.237. The van der Waals surface area contributed by atoms with Crippen molar-refractivity contribution in [3.63, 3.8) is 0 Å². The summed E-state index contributed by atoms with van der Waals surface area (Å²) in [7, 11) is 0. The Bertz CT molecular complexity index is 1410. The van der Waals surface area contributed by atoms with Gasteiger partial charge in [0.1, 0.15) is 11.3 Å². The second kappa shape index (κ2) is 11.2. The number of nitrogens with zero attached hydrogens (tertiary/aromatic N) is 6. The Balaban J connectivity index is 1.30. The molecule has 9 heteroatoms. The highest BCUT2D eigenvalue weighted by atomic mass is 16.6. The van der Waals surface area contributed by atoms with Crippen LogP contribution in [0.3, 0.4) is 0 Å². The fraction of sp³-hybridized carbons (Fsp3) is 0.367. The van der Waals surface area contributed by atoms with Crippen molar-refractivity contribution in [1.82, 2.24) is 29.6 Å². The molecule has 0 spiro atoms. The highest BCUT2D eigenvalue weighted by Crippen LogP contribution is 2.31. The molecule has 0 saturated carbocycles. The van der Waals surface area contributed by atoms with Crippen molar-refractivity contribution < 1.29 is 9.53 Å². The third-order valence-electron chi connectivity index (χ3n) is 6.66. The van der Waals surface area contributed by atoms with Crippen LogP contribution in [-0.4, -0.2) is 54.4 Å². The van der Waals surface area contributed by atoms with Gasteiger partial charge in [0.05, 0.1) is 5.69 Å². The zero-order chi connectivity index (χ0) is 27.4. The van der Waals surface area contributed by atoms with Crippen LogP contribution in [0.25, 0.3) is 22.5 Å². The van der Waals surface area contributed by atoms with Gasteiger partial charge in [0.2, 0.25) is 5.95 Å². The Morgan fingerprint density at radius 2 is 1.95 bits per heavy atom. The molecule has 4 aromatic rings. The first-order valence-electron chi connectivity index (χ1n) is 13.5. The molecule has 1 atom stereocenters. The summed E-state index contributed by atoms with van der Waals surface area (Å²) >= 11 is 0. The number of ether oxygens (including phenoxy) is 1. The quantitative estimate of drug-likeness (QED) is 0.316. The van der Waals surface area contributed by atoms with Crippen LogP contribution in [0.4, 0.5) is 16.4 Å². The number of rotatable bonds is 6. The number of likely N-dealkylation sites (tertiary alicyclic amines) is 1. The number of amides is 1. The number of hydrogen-bond acceptors (Lipinski definition) is 7. The number of benzene rings is 1. The molecule has 1 fully saturated rings. The van der Waals surface area contributed by atoms with E-state index in [9.17, 15) is 4.79 Å². The molecule has 0 bridgehead atoms. The zero-order valence-corrected chi connectivity index (χ0v) is 23.0. The van der Waals surface area contributed by atoms with Crippen LogP contribution in [0.1, 0.15) is 52.0 Å². The predicted octanol–water partition coefficient (Wildman–Crippen LogP) is 6.28. The van der Waals surface area contributed by atoms with Gasteiger partial charge >= 0.3 is 6.09 Å². The second-order valence-corrected chi connectivity index (χ2v) is 10.8. The summed E-state index contributed by atoms with van der Waals surface area (Å²) < 4.78 is 7.49. The molecule has 3 aromatic heterocycles. The van der Waals surface area contributed by atoms with Crippen LogP contribution in [-0.2, 0) is 11.3 Å². The van der Waals surface area contributed by atoms with Crippen LogP contribution in [0.2, 0.25) is 0 Å². The normalized spacial score (nSPS) is 15.7. The highest BCUT2D eigenvalue weighted by molar-refractivity contribution is 5.78. The topological polar surface area (TPSA) is 98.1 Å². The molecule has 5 rings (SSSR count). The molecular weight excluding hydrogens is 490 g/mol. The average Bonchev–Trinajstić information content (AvgIpc) is 3.38. The van der Waals surface area contributed by atoms with Crippen molar-refractivity contribution >= 4 is 17.7 Å². The average molecular weight is 526 g/mol. The summed E-state index contributed by atoms with van der Waals surface area (Å²) in [5.41, 5.74) is 5.10. The lowest BCUT2D eigenvalue weighted by molar-refractivity contribution is 0.0198. The van der Waals surface area contributed by atoms with Gasteiger partial charge in [-0.1, -0.05) is 12.1 Å². The molecule has 202 valence electrons. The Hall–Kier alpha value is -4.27. The summed E-state index contributed by atoms with van der Waals surface area (Å²) in [5.74, 6) is 0.788. The van der Waals surface area contributed by atoms with Gasteiger partial charge in [-0.05, 0) is 76.4 Å². The fourth-order valence-electron chi connectivity index (χ4n) is 4.77. The van der Waals surface area contributed by atoms with Gasteiger partial charge in [0.25, 0.3) is 0 Å². The van der Waals surface area contributed by atoms with Crippen LogP contribution in [0, 0.1) is 0 Å². The molecule has 0 radical (unpaired) electrons. The molecule has 39 heavy (non-hydrogen) atoms. The van der Waals surface area contributed by atoms with Gasteiger partial charge in [-0.15, -0.1) is 0 Å². The smallest absolute Gasteiger partial charge is 0.410 e. The lowest BCUT2D eigenvalue weighted by Crippen LogP contribution is -2.42. The Morgan fingerprint density at radius 3 is 2.67 bits per heavy atom. The lowest BCUT2D eigenvalue weighted by atomic mass is 9.90. The molecule has 9 nitrogen and oxygen atoms in total. The summed E-state index contributed by atoms with van der Waals surface area (Å²) in [6, 6.07) is 14.1. The van der Waals surface area contributed by atoms with E-state index in [2.05, 4.69) is 34.3 Å². The third kappa shape index (κ3) is 6.42. The zero-order valence-electron chi connectivity index (χ0n) is 23.0. The van der Waals surface area contributed by atoms with Gasteiger partial charge in [-0.2, -0.15) is 5.10 Å². The molecule has 1 unspecified atom stereocenters. The number of hydrogen-bond donors (Lipinski definition) is 1. The molecule has 1 aliphatic heterocycles. The summed E-state index contributed by atoms with van der Waals surface area (Å²) in [6.07, 6.45) is 9.09. The van der Waals surface area contributed by atoms with E-state index in [1.807, 2.05) is 73.1 Å². The monoisotopic (exact) mass is 525 g/mol. The van der Waals surface area contributed by atoms with E-state index in [0.29, 0.717) is 12.5 Å². The number of pyridine rings is 1. The predicted molar refractivity (Wildman–Crippen MR) is 152 cm³/mol. The number of aromatic nitrogens is 5. The van der Waals surface area contributed by atoms with Crippen LogP contribution < -0.4 is 5.32 Å². The van der Waals surface area contributed by atoms with E-state index in [4.69, 9.17) is 14.8 Å². The number of anilines is 2. The number of carbonyl (C=O) groups is 1. The van der Waals surface area contributed by atoms with Crippen molar-refractivity contribution in [2.24, 2.45) is 0 Å². The Morgan fingerprint density at radius 1 is 1.13 bits per heavy atom. The van der Waals surface area contributed by atoms with Gasteiger partial charge in [-0.3, -0.25) is 9.67 Å². The fourth-order valence-corrected chi connectivity index (χ4v) is 4.77. The first-order valence-corrected chi connectivity index (χ1v) is 13.5. The highest BCUT2D eigenvalue weighted by Gasteiger charge is 2.28. The first kappa shape index (κ1) is 26.3. The van der Waals surface area contributed by atoms with E-state index in [0.717, 1.165) is 54.1 Å². The molecule has 1 N–H and O–H groups in total. The minimum atomic E-state index is -0.493. The SMILES string of the molecule is CCn1cc(-c2ccnc(Nc3ccc(C4CCCN(C(=O)OC(C)(C)C)C4)cc3)n2)c(-c2cccnc2)n1. The van der Waals surface area contributed by atoms with E-state index >= 15 is 0 Å². The molecule has 1 aliphatic rings. The molecular formula is C30H35N7O2. The summed E-state index contributed by atoms with van der Waals surface area (Å²) in [5, 5.41) is 8.07. The number of carbonyl (C=O) groups excluding carboxylic acids is 1. The van der Waals surface area contributed by atoms with E-state index in [1.165, 1.54) is 5.56 Å². The van der Waals surface area contributed by atoms with Crippen LogP contribution >= 0.6 is 0 Å². The lowest BCUT2D eigenvalue weighted by Gasteiger charge is -2.34. The Labute approximate surface area is 229 Å². The van der Waals surface area contributed by atoms with Gasteiger partial charge in [-0.25, -0.2) is 14.8 Å². The maximum atomic E-state index is 12.6. The van der Waals surface area contributed by atoms with Crippen molar-refractivity contribution in [3.05, 3.63) is 72.8 Å². The maximum Gasteiger partial charge on any atom is 0.410 e. The standard InChI is InChI=1S/C30H35N7O2/c1-5-37-20-25(27(35-37)22-8-6-15-31-18-22)26-14-16-32-28(34-26)33-24-12-10-21(11-13-24)23-9-7-17-36(19-23)29(38)39-30(2,3)4/h6,8,10-16,18,20,23H,5,7,9,17,19H2,1-4H3,(H,32,33,34). The minimum Gasteiger partial charge on any atom is -0.444 e. The van der Waals surface area contributed by atoms with E-state index < -0.39 is 5.60 Å². The van der Waals surface area contributed by atoms with Crippen molar-refractivity contribution in [2.45, 2.75) is 58.6 Å². The number of aryl methyl sites for hydroxylation is 1.